The SMILES string of the molecule is CCc1ccc([C@H](CCC(C)C)N2CCNCC2)cc1. The minimum absolute atomic E-state index is 0.602. The molecule has 1 aliphatic heterocycles. The fraction of sp³-hybridized carbons (Fsp3) is 0.667. The number of hydrogen-bond acceptors (Lipinski definition) is 2. The Labute approximate surface area is 124 Å². The summed E-state index contributed by atoms with van der Waals surface area (Å²) in [4.78, 5) is 2.67. The van der Waals surface area contributed by atoms with Crippen LogP contribution in [-0.2, 0) is 6.42 Å². The van der Waals surface area contributed by atoms with Crippen LogP contribution in [-0.4, -0.2) is 31.1 Å². The highest BCUT2D eigenvalue weighted by molar-refractivity contribution is 5.25. The lowest BCUT2D eigenvalue weighted by molar-refractivity contribution is 0.160. The van der Waals surface area contributed by atoms with Gasteiger partial charge in [-0.15, -0.1) is 0 Å². The predicted octanol–water partition coefficient (Wildman–Crippen LogP) is 3.63. The average molecular weight is 274 g/mol. The van der Waals surface area contributed by atoms with E-state index in [1.54, 1.807) is 0 Å². The molecule has 0 unspecified atom stereocenters. The maximum atomic E-state index is 3.46. The smallest absolute Gasteiger partial charge is 0.0349 e. The third kappa shape index (κ3) is 4.32. The number of nitrogens with zero attached hydrogens (tertiary/aromatic N) is 1. The Hall–Kier alpha value is -0.860. The quantitative estimate of drug-likeness (QED) is 0.852. The molecule has 2 nitrogen and oxygen atoms in total. The maximum Gasteiger partial charge on any atom is 0.0349 e. The lowest BCUT2D eigenvalue weighted by atomic mass is 9.95. The Balaban J connectivity index is 2.10. The molecule has 1 saturated heterocycles. The van der Waals surface area contributed by atoms with Crippen molar-refractivity contribution in [3.63, 3.8) is 0 Å². The standard InChI is InChI=1S/C18H30N2/c1-4-16-6-8-17(9-7-16)18(10-5-15(2)3)20-13-11-19-12-14-20/h6-9,15,18-19H,4-5,10-14H2,1-3H3/t18-/m0/s1. The van der Waals surface area contributed by atoms with Gasteiger partial charge in [0.15, 0.2) is 0 Å². The first kappa shape index (κ1) is 15.5. The molecule has 0 aromatic heterocycles. The highest BCUT2D eigenvalue weighted by atomic mass is 15.2. The molecule has 1 fully saturated rings. The summed E-state index contributed by atoms with van der Waals surface area (Å²) in [7, 11) is 0. The summed E-state index contributed by atoms with van der Waals surface area (Å²) in [5.41, 5.74) is 2.95. The Kier molecular flexibility index (Phi) is 6.06. The number of hydrogen-bond donors (Lipinski definition) is 1. The van der Waals surface area contributed by atoms with Crippen molar-refractivity contribution in [3.8, 4) is 0 Å². The summed E-state index contributed by atoms with van der Waals surface area (Å²) in [5.74, 6) is 0.787. The van der Waals surface area contributed by atoms with Crippen molar-refractivity contribution in [1.29, 1.82) is 0 Å². The molecule has 2 heteroatoms. The largest absolute Gasteiger partial charge is 0.314 e. The van der Waals surface area contributed by atoms with E-state index in [2.05, 4.69) is 55.3 Å². The minimum Gasteiger partial charge on any atom is -0.314 e. The van der Waals surface area contributed by atoms with Gasteiger partial charge in [0.2, 0.25) is 0 Å². The Morgan fingerprint density at radius 3 is 2.25 bits per heavy atom. The number of rotatable bonds is 6. The molecular weight excluding hydrogens is 244 g/mol. The molecule has 1 aromatic rings. The highest BCUT2D eigenvalue weighted by Crippen LogP contribution is 2.28. The zero-order valence-electron chi connectivity index (χ0n) is 13.4. The van der Waals surface area contributed by atoms with Gasteiger partial charge in [0.25, 0.3) is 0 Å². The summed E-state index contributed by atoms with van der Waals surface area (Å²) in [6, 6.07) is 9.92. The van der Waals surface area contributed by atoms with Crippen molar-refractivity contribution >= 4 is 0 Å². The highest BCUT2D eigenvalue weighted by Gasteiger charge is 2.22. The van der Waals surface area contributed by atoms with E-state index in [-0.39, 0.29) is 0 Å². The van der Waals surface area contributed by atoms with Gasteiger partial charge in [0, 0.05) is 32.2 Å². The van der Waals surface area contributed by atoms with Crippen LogP contribution in [0.15, 0.2) is 24.3 Å². The van der Waals surface area contributed by atoms with Crippen molar-refractivity contribution in [2.45, 2.75) is 46.1 Å². The molecule has 1 atom stereocenters. The van der Waals surface area contributed by atoms with Crippen molar-refractivity contribution in [3.05, 3.63) is 35.4 Å². The van der Waals surface area contributed by atoms with E-state index in [9.17, 15) is 0 Å². The molecule has 0 spiro atoms. The molecule has 2 rings (SSSR count). The lowest BCUT2D eigenvalue weighted by Crippen LogP contribution is -2.45. The van der Waals surface area contributed by atoms with Crippen LogP contribution in [0.1, 0.15) is 50.8 Å². The molecule has 0 saturated carbocycles. The van der Waals surface area contributed by atoms with Crippen LogP contribution in [0.5, 0.6) is 0 Å². The first-order valence-corrected chi connectivity index (χ1v) is 8.24. The van der Waals surface area contributed by atoms with Gasteiger partial charge in [0.05, 0.1) is 0 Å². The molecule has 1 aliphatic rings. The second-order valence-corrected chi connectivity index (χ2v) is 6.37. The summed E-state index contributed by atoms with van der Waals surface area (Å²) < 4.78 is 0. The third-order valence-electron chi connectivity index (χ3n) is 4.38. The minimum atomic E-state index is 0.602. The van der Waals surface area contributed by atoms with Crippen molar-refractivity contribution in [1.82, 2.24) is 10.2 Å². The fourth-order valence-corrected chi connectivity index (χ4v) is 3.02. The van der Waals surface area contributed by atoms with Gasteiger partial charge in [-0.25, -0.2) is 0 Å². The van der Waals surface area contributed by atoms with E-state index in [4.69, 9.17) is 0 Å². The van der Waals surface area contributed by atoms with E-state index >= 15 is 0 Å². The van der Waals surface area contributed by atoms with Crippen LogP contribution in [0, 0.1) is 5.92 Å². The van der Waals surface area contributed by atoms with Gasteiger partial charge >= 0.3 is 0 Å². The normalized spacial score (nSPS) is 18.4. The van der Waals surface area contributed by atoms with Gasteiger partial charge in [-0.1, -0.05) is 45.0 Å². The number of aryl methyl sites for hydroxylation is 1. The monoisotopic (exact) mass is 274 g/mol. The van der Waals surface area contributed by atoms with E-state index in [1.807, 2.05) is 0 Å². The molecular formula is C18H30N2. The Bertz CT molecular complexity index is 377. The number of piperazine rings is 1. The Morgan fingerprint density at radius 2 is 1.70 bits per heavy atom. The first-order valence-electron chi connectivity index (χ1n) is 8.24. The van der Waals surface area contributed by atoms with E-state index in [0.717, 1.165) is 25.4 Å². The number of nitrogens with one attached hydrogen (secondary N) is 1. The third-order valence-corrected chi connectivity index (χ3v) is 4.38. The van der Waals surface area contributed by atoms with E-state index < -0.39 is 0 Å². The van der Waals surface area contributed by atoms with Gasteiger partial charge in [-0.05, 0) is 36.3 Å². The van der Waals surface area contributed by atoms with Gasteiger partial charge in [0.1, 0.15) is 0 Å². The summed E-state index contributed by atoms with van der Waals surface area (Å²) in [6.07, 6.45) is 3.72. The van der Waals surface area contributed by atoms with Crippen LogP contribution in [0.25, 0.3) is 0 Å². The van der Waals surface area contributed by atoms with Crippen molar-refractivity contribution < 1.29 is 0 Å². The molecule has 1 aromatic carbocycles. The average Bonchev–Trinajstić information content (AvgIpc) is 2.49. The summed E-state index contributed by atoms with van der Waals surface area (Å²) >= 11 is 0. The van der Waals surface area contributed by atoms with Crippen LogP contribution < -0.4 is 5.32 Å². The second-order valence-electron chi connectivity index (χ2n) is 6.37. The molecule has 0 aliphatic carbocycles. The van der Waals surface area contributed by atoms with E-state index in [0.29, 0.717) is 6.04 Å². The lowest BCUT2D eigenvalue weighted by Gasteiger charge is -2.35. The van der Waals surface area contributed by atoms with Gasteiger partial charge in [-0.3, -0.25) is 4.90 Å². The van der Waals surface area contributed by atoms with Gasteiger partial charge < -0.3 is 5.32 Å². The summed E-state index contributed by atoms with van der Waals surface area (Å²) in [6.45, 7) is 11.5. The molecule has 20 heavy (non-hydrogen) atoms. The van der Waals surface area contributed by atoms with Crippen LogP contribution in [0.3, 0.4) is 0 Å². The number of benzene rings is 1. The summed E-state index contributed by atoms with van der Waals surface area (Å²) in [5, 5.41) is 3.46. The first-order chi connectivity index (χ1) is 9.70. The molecule has 0 bridgehead atoms. The van der Waals surface area contributed by atoms with Gasteiger partial charge in [-0.2, -0.15) is 0 Å². The van der Waals surface area contributed by atoms with Crippen LogP contribution >= 0.6 is 0 Å². The molecule has 1 heterocycles. The molecule has 0 radical (unpaired) electrons. The molecule has 112 valence electrons. The van der Waals surface area contributed by atoms with Crippen molar-refractivity contribution in [2.24, 2.45) is 5.92 Å². The van der Waals surface area contributed by atoms with Crippen LogP contribution in [0.4, 0.5) is 0 Å². The Morgan fingerprint density at radius 1 is 1.05 bits per heavy atom. The van der Waals surface area contributed by atoms with E-state index in [1.165, 1.54) is 37.1 Å². The topological polar surface area (TPSA) is 15.3 Å². The maximum absolute atomic E-state index is 3.46. The second kappa shape index (κ2) is 7.80. The fourth-order valence-electron chi connectivity index (χ4n) is 3.02. The van der Waals surface area contributed by atoms with Crippen molar-refractivity contribution in [2.75, 3.05) is 26.2 Å². The molecule has 1 N–H and O–H groups in total. The zero-order valence-corrected chi connectivity index (χ0v) is 13.4. The van der Waals surface area contributed by atoms with Crippen LogP contribution in [0.2, 0.25) is 0 Å². The zero-order chi connectivity index (χ0) is 14.4. The molecule has 0 amide bonds. The predicted molar refractivity (Wildman–Crippen MR) is 87.1 cm³/mol.